The second-order valence-electron chi connectivity index (χ2n) is 4.03. The number of fused-ring (bicyclic) bond motifs is 1. The van der Waals surface area contributed by atoms with Crippen LogP contribution in [0.3, 0.4) is 0 Å². The van der Waals surface area contributed by atoms with Crippen LogP contribution >= 0.6 is 0 Å². The second kappa shape index (κ2) is 3.55. The first-order chi connectivity index (χ1) is 7.11. The Morgan fingerprint density at radius 1 is 1.40 bits per heavy atom. The van der Waals surface area contributed by atoms with Crippen molar-refractivity contribution in [2.75, 3.05) is 5.32 Å². The minimum Gasteiger partial charge on any atom is -0.362 e. The van der Waals surface area contributed by atoms with Crippen molar-refractivity contribution in [1.82, 2.24) is 5.06 Å². The third-order valence-corrected chi connectivity index (χ3v) is 2.56. The first-order valence-electron chi connectivity index (χ1n) is 4.99. The van der Waals surface area contributed by atoms with Crippen molar-refractivity contribution >= 4 is 11.6 Å². The van der Waals surface area contributed by atoms with Crippen LogP contribution in [-0.4, -0.2) is 22.3 Å². The van der Waals surface area contributed by atoms with Crippen LogP contribution in [0.5, 0.6) is 0 Å². The quantitative estimate of drug-likeness (QED) is 0.690. The van der Waals surface area contributed by atoms with E-state index in [0.29, 0.717) is 5.56 Å². The lowest BCUT2D eigenvalue weighted by atomic mass is 10.0. The van der Waals surface area contributed by atoms with Crippen LogP contribution in [0.15, 0.2) is 24.3 Å². The van der Waals surface area contributed by atoms with Crippen LogP contribution in [0.4, 0.5) is 5.69 Å². The minimum absolute atomic E-state index is 0.146. The van der Waals surface area contributed by atoms with Gasteiger partial charge in [0.05, 0.1) is 5.56 Å². The summed E-state index contributed by atoms with van der Waals surface area (Å²) in [5.74, 6) is -0.199. The maximum atomic E-state index is 11.8. The van der Waals surface area contributed by atoms with Crippen molar-refractivity contribution in [3.8, 4) is 0 Å². The fourth-order valence-corrected chi connectivity index (χ4v) is 1.71. The Labute approximate surface area is 88.5 Å². The van der Waals surface area contributed by atoms with E-state index in [9.17, 15) is 10.0 Å². The molecule has 0 saturated carbocycles. The van der Waals surface area contributed by atoms with Crippen molar-refractivity contribution in [3.63, 3.8) is 0 Å². The highest BCUT2D eigenvalue weighted by Gasteiger charge is 2.32. The monoisotopic (exact) mass is 206 g/mol. The topological polar surface area (TPSA) is 52.6 Å². The Bertz CT molecular complexity index is 390. The van der Waals surface area contributed by atoms with Gasteiger partial charge in [0.15, 0.2) is 0 Å². The number of para-hydroxylation sites is 1. The van der Waals surface area contributed by atoms with Crippen LogP contribution < -0.4 is 5.32 Å². The fourth-order valence-electron chi connectivity index (χ4n) is 1.71. The van der Waals surface area contributed by atoms with Gasteiger partial charge in [0, 0.05) is 5.69 Å². The number of benzene rings is 1. The van der Waals surface area contributed by atoms with Crippen molar-refractivity contribution in [2.45, 2.75) is 20.0 Å². The number of hydrogen-bond donors (Lipinski definition) is 2. The van der Waals surface area contributed by atoms with Gasteiger partial charge in [-0.05, 0) is 18.1 Å². The number of nitrogens with zero attached hydrogens (tertiary/aromatic N) is 1. The average Bonchev–Trinajstić information content (AvgIpc) is 2.23. The number of hydroxylamine groups is 2. The third-order valence-electron chi connectivity index (χ3n) is 2.56. The van der Waals surface area contributed by atoms with Gasteiger partial charge in [0.1, 0.15) is 6.17 Å². The summed E-state index contributed by atoms with van der Waals surface area (Å²) in [5.41, 5.74) is 1.29. The van der Waals surface area contributed by atoms with E-state index in [1.54, 1.807) is 12.1 Å². The summed E-state index contributed by atoms with van der Waals surface area (Å²) in [6, 6.07) is 7.19. The first-order valence-corrected chi connectivity index (χ1v) is 4.99. The molecule has 1 aliphatic heterocycles. The van der Waals surface area contributed by atoms with Gasteiger partial charge in [-0.2, -0.15) is 5.06 Å². The fraction of sp³-hybridized carbons (Fsp3) is 0.364. The molecule has 0 saturated heterocycles. The Balaban J connectivity index is 2.41. The number of anilines is 1. The van der Waals surface area contributed by atoms with Gasteiger partial charge >= 0.3 is 0 Å². The number of nitrogens with one attached hydrogen (secondary N) is 1. The molecule has 0 spiro atoms. The molecule has 4 nitrogen and oxygen atoms in total. The number of amides is 1. The normalized spacial score (nSPS) is 20.1. The lowest BCUT2D eigenvalue weighted by Crippen LogP contribution is -2.49. The molecule has 0 aromatic heterocycles. The van der Waals surface area contributed by atoms with Gasteiger partial charge < -0.3 is 5.32 Å². The number of rotatable bonds is 1. The number of carbonyl (C=O) groups excluding carboxylic acids is 1. The van der Waals surface area contributed by atoms with Crippen molar-refractivity contribution in [2.24, 2.45) is 5.92 Å². The van der Waals surface area contributed by atoms with Gasteiger partial charge in [-0.3, -0.25) is 10.0 Å². The molecule has 0 radical (unpaired) electrons. The van der Waals surface area contributed by atoms with Crippen LogP contribution in [0, 0.1) is 5.92 Å². The van der Waals surface area contributed by atoms with Gasteiger partial charge in [0.25, 0.3) is 5.91 Å². The van der Waals surface area contributed by atoms with Crippen LogP contribution in [-0.2, 0) is 0 Å². The zero-order chi connectivity index (χ0) is 11.0. The smallest absolute Gasteiger partial charge is 0.281 e. The largest absolute Gasteiger partial charge is 0.362 e. The first kappa shape index (κ1) is 9.98. The molecular formula is C11H14N2O2. The summed E-state index contributed by atoms with van der Waals surface area (Å²) in [6.45, 7) is 3.89. The SMILES string of the molecule is CC(C)C1Nc2ccccc2C(=O)N1O. The van der Waals surface area contributed by atoms with Crippen molar-refractivity contribution in [3.05, 3.63) is 29.8 Å². The second-order valence-corrected chi connectivity index (χ2v) is 4.03. The molecule has 15 heavy (non-hydrogen) atoms. The van der Waals surface area contributed by atoms with E-state index < -0.39 is 0 Å². The van der Waals surface area contributed by atoms with E-state index >= 15 is 0 Å². The standard InChI is InChI=1S/C11H14N2O2/c1-7(2)10-12-9-6-4-3-5-8(9)11(14)13(10)15/h3-7,10,12,15H,1-2H3. The third kappa shape index (κ3) is 1.57. The van der Waals surface area contributed by atoms with Crippen LogP contribution in [0.2, 0.25) is 0 Å². The Hall–Kier alpha value is -1.55. The van der Waals surface area contributed by atoms with Crippen molar-refractivity contribution < 1.29 is 10.0 Å². The zero-order valence-corrected chi connectivity index (χ0v) is 8.77. The zero-order valence-electron chi connectivity index (χ0n) is 8.77. The van der Waals surface area contributed by atoms with E-state index in [0.717, 1.165) is 10.8 Å². The summed E-state index contributed by atoms with van der Waals surface area (Å²) in [7, 11) is 0. The maximum Gasteiger partial charge on any atom is 0.281 e. The van der Waals surface area contributed by atoms with E-state index in [-0.39, 0.29) is 18.0 Å². The highest BCUT2D eigenvalue weighted by Crippen LogP contribution is 2.26. The molecule has 2 rings (SSSR count). The van der Waals surface area contributed by atoms with Crippen molar-refractivity contribution in [1.29, 1.82) is 0 Å². The highest BCUT2D eigenvalue weighted by molar-refractivity contribution is 6.00. The van der Waals surface area contributed by atoms with E-state index in [4.69, 9.17) is 0 Å². The molecule has 1 amide bonds. The van der Waals surface area contributed by atoms with E-state index in [1.165, 1.54) is 0 Å². The molecule has 1 aliphatic rings. The predicted molar refractivity (Wildman–Crippen MR) is 56.6 cm³/mol. The molecule has 1 aromatic rings. The molecule has 0 aliphatic carbocycles. The molecule has 1 aromatic carbocycles. The summed E-state index contributed by atoms with van der Waals surface area (Å²) in [4.78, 5) is 11.8. The molecule has 1 atom stereocenters. The van der Waals surface area contributed by atoms with Gasteiger partial charge in [-0.15, -0.1) is 0 Å². The molecule has 2 N–H and O–H groups in total. The Morgan fingerprint density at radius 3 is 2.73 bits per heavy atom. The maximum absolute atomic E-state index is 11.8. The summed E-state index contributed by atoms with van der Waals surface area (Å²) in [6.07, 6.45) is -0.354. The molecular weight excluding hydrogens is 192 g/mol. The summed E-state index contributed by atoms with van der Waals surface area (Å²) >= 11 is 0. The van der Waals surface area contributed by atoms with Gasteiger partial charge in [0.2, 0.25) is 0 Å². The lowest BCUT2D eigenvalue weighted by Gasteiger charge is -2.35. The Kier molecular flexibility index (Phi) is 2.36. The molecule has 0 bridgehead atoms. The Morgan fingerprint density at radius 2 is 2.07 bits per heavy atom. The minimum atomic E-state index is -0.354. The highest BCUT2D eigenvalue weighted by atomic mass is 16.5. The van der Waals surface area contributed by atoms with E-state index in [2.05, 4.69) is 5.32 Å². The van der Waals surface area contributed by atoms with Gasteiger partial charge in [-0.25, -0.2) is 0 Å². The van der Waals surface area contributed by atoms with Crippen LogP contribution in [0.1, 0.15) is 24.2 Å². The summed E-state index contributed by atoms with van der Waals surface area (Å²) in [5, 5.41) is 13.6. The molecule has 1 unspecified atom stereocenters. The predicted octanol–water partition coefficient (Wildman–Crippen LogP) is 1.93. The molecule has 1 heterocycles. The average molecular weight is 206 g/mol. The number of hydrogen-bond acceptors (Lipinski definition) is 3. The molecule has 0 fully saturated rings. The van der Waals surface area contributed by atoms with Gasteiger partial charge in [-0.1, -0.05) is 26.0 Å². The molecule has 80 valence electrons. The van der Waals surface area contributed by atoms with Crippen LogP contribution in [0.25, 0.3) is 0 Å². The summed E-state index contributed by atoms with van der Waals surface area (Å²) < 4.78 is 0. The lowest BCUT2D eigenvalue weighted by molar-refractivity contribution is -0.0940. The molecule has 4 heteroatoms. The number of carbonyl (C=O) groups is 1. The van der Waals surface area contributed by atoms with E-state index in [1.807, 2.05) is 26.0 Å².